The molecule has 1 aromatic rings. The molecule has 2 rings (SSSR count). The van der Waals surface area contributed by atoms with Gasteiger partial charge in [0.2, 0.25) is 5.91 Å². The maximum absolute atomic E-state index is 11.9. The SMILES string of the molecule is COC(C)(C)CC(=O)Nc1cnn(C2CCNCC2)c1. The van der Waals surface area contributed by atoms with Crippen LogP contribution in [-0.4, -0.2) is 41.5 Å². The van der Waals surface area contributed by atoms with Crippen LogP contribution in [0.4, 0.5) is 5.69 Å². The van der Waals surface area contributed by atoms with Crippen molar-refractivity contribution in [3.63, 3.8) is 0 Å². The maximum Gasteiger partial charge on any atom is 0.227 e. The van der Waals surface area contributed by atoms with Gasteiger partial charge in [0.25, 0.3) is 0 Å². The van der Waals surface area contributed by atoms with E-state index in [1.54, 1.807) is 13.3 Å². The second-order valence-electron chi connectivity index (χ2n) is 5.88. The van der Waals surface area contributed by atoms with Gasteiger partial charge in [0, 0.05) is 13.3 Å². The molecule has 20 heavy (non-hydrogen) atoms. The number of methoxy groups -OCH3 is 1. The fourth-order valence-electron chi connectivity index (χ4n) is 2.34. The van der Waals surface area contributed by atoms with Crippen molar-refractivity contribution in [3.05, 3.63) is 12.4 Å². The first kappa shape index (κ1) is 15.0. The molecule has 0 aliphatic carbocycles. The van der Waals surface area contributed by atoms with Crippen LogP contribution < -0.4 is 10.6 Å². The lowest BCUT2D eigenvalue weighted by Gasteiger charge is -2.23. The minimum absolute atomic E-state index is 0.0540. The van der Waals surface area contributed by atoms with Gasteiger partial charge in [-0.05, 0) is 39.8 Å². The number of amides is 1. The zero-order chi connectivity index (χ0) is 14.6. The summed E-state index contributed by atoms with van der Waals surface area (Å²) in [7, 11) is 1.61. The Morgan fingerprint density at radius 1 is 1.55 bits per heavy atom. The molecule has 112 valence electrons. The van der Waals surface area contributed by atoms with Gasteiger partial charge in [-0.3, -0.25) is 9.48 Å². The fraction of sp³-hybridized carbons (Fsp3) is 0.714. The highest BCUT2D eigenvalue weighted by Crippen LogP contribution is 2.20. The molecule has 1 aliphatic rings. The highest BCUT2D eigenvalue weighted by Gasteiger charge is 2.22. The Labute approximate surface area is 119 Å². The monoisotopic (exact) mass is 280 g/mol. The number of hydrogen-bond donors (Lipinski definition) is 2. The van der Waals surface area contributed by atoms with Crippen LogP contribution in [0, 0.1) is 0 Å². The number of nitrogens with one attached hydrogen (secondary N) is 2. The number of rotatable bonds is 5. The zero-order valence-electron chi connectivity index (χ0n) is 12.5. The van der Waals surface area contributed by atoms with E-state index in [2.05, 4.69) is 15.7 Å². The maximum atomic E-state index is 11.9. The van der Waals surface area contributed by atoms with Gasteiger partial charge in [0.1, 0.15) is 0 Å². The quantitative estimate of drug-likeness (QED) is 0.859. The predicted molar refractivity (Wildman–Crippen MR) is 77.7 cm³/mol. The third-order valence-corrected chi connectivity index (χ3v) is 3.71. The summed E-state index contributed by atoms with van der Waals surface area (Å²) in [6.45, 7) is 5.83. The van der Waals surface area contributed by atoms with Gasteiger partial charge < -0.3 is 15.4 Å². The number of anilines is 1. The van der Waals surface area contributed by atoms with Crippen LogP contribution in [-0.2, 0) is 9.53 Å². The molecule has 0 atom stereocenters. The molecule has 0 saturated carbocycles. The van der Waals surface area contributed by atoms with Crippen LogP contribution in [0.1, 0.15) is 39.2 Å². The molecule has 2 N–H and O–H groups in total. The summed E-state index contributed by atoms with van der Waals surface area (Å²) >= 11 is 0. The normalized spacial score (nSPS) is 17.1. The van der Waals surface area contributed by atoms with E-state index in [1.807, 2.05) is 24.7 Å². The third kappa shape index (κ3) is 4.05. The van der Waals surface area contributed by atoms with Crippen molar-refractivity contribution in [2.45, 2.75) is 44.8 Å². The molecule has 6 nitrogen and oxygen atoms in total. The zero-order valence-corrected chi connectivity index (χ0v) is 12.5. The Bertz CT molecular complexity index is 450. The second-order valence-corrected chi connectivity index (χ2v) is 5.88. The molecule has 1 fully saturated rings. The van der Waals surface area contributed by atoms with E-state index in [9.17, 15) is 4.79 Å². The van der Waals surface area contributed by atoms with Crippen molar-refractivity contribution in [2.75, 3.05) is 25.5 Å². The second kappa shape index (κ2) is 6.37. The predicted octanol–water partition coefficient (Wildman–Crippen LogP) is 1.56. The van der Waals surface area contributed by atoms with Crippen LogP contribution in [0.2, 0.25) is 0 Å². The molecule has 0 spiro atoms. The lowest BCUT2D eigenvalue weighted by Crippen LogP contribution is -2.30. The lowest BCUT2D eigenvalue weighted by atomic mass is 10.1. The summed E-state index contributed by atoms with van der Waals surface area (Å²) in [5.41, 5.74) is 0.301. The van der Waals surface area contributed by atoms with Crippen LogP contribution in [0.25, 0.3) is 0 Å². The van der Waals surface area contributed by atoms with Crippen molar-refractivity contribution in [1.29, 1.82) is 0 Å². The van der Waals surface area contributed by atoms with E-state index in [0.29, 0.717) is 12.5 Å². The van der Waals surface area contributed by atoms with Crippen LogP contribution in [0.3, 0.4) is 0 Å². The Morgan fingerprint density at radius 3 is 2.90 bits per heavy atom. The fourth-order valence-corrected chi connectivity index (χ4v) is 2.34. The number of nitrogens with zero attached hydrogens (tertiary/aromatic N) is 2. The molecule has 0 radical (unpaired) electrons. The van der Waals surface area contributed by atoms with Crippen molar-refractivity contribution >= 4 is 11.6 Å². The highest BCUT2D eigenvalue weighted by atomic mass is 16.5. The summed E-state index contributed by atoms with van der Waals surface area (Å²) in [6.07, 6.45) is 6.09. The van der Waals surface area contributed by atoms with Crippen molar-refractivity contribution < 1.29 is 9.53 Å². The topological polar surface area (TPSA) is 68.2 Å². The van der Waals surface area contributed by atoms with Gasteiger partial charge in [-0.1, -0.05) is 0 Å². The first-order valence-electron chi connectivity index (χ1n) is 7.10. The summed E-state index contributed by atoms with van der Waals surface area (Å²) in [6, 6.07) is 0.428. The number of piperidine rings is 1. The molecule has 1 aromatic heterocycles. The molecule has 0 unspecified atom stereocenters. The van der Waals surface area contributed by atoms with Crippen LogP contribution in [0.5, 0.6) is 0 Å². The van der Waals surface area contributed by atoms with Crippen molar-refractivity contribution in [3.8, 4) is 0 Å². The third-order valence-electron chi connectivity index (χ3n) is 3.71. The molecule has 6 heteroatoms. The molecule has 1 saturated heterocycles. The minimum atomic E-state index is -0.449. The number of carbonyl (C=O) groups excluding carboxylic acids is 1. The highest BCUT2D eigenvalue weighted by molar-refractivity contribution is 5.91. The summed E-state index contributed by atoms with van der Waals surface area (Å²) in [5.74, 6) is -0.0540. The van der Waals surface area contributed by atoms with Crippen molar-refractivity contribution in [2.24, 2.45) is 0 Å². The Balaban J connectivity index is 1.90. The largest absolute Gasteiger partial charge is 0.378 e. The Kier molecular flexibility index (Phi) is 4.77. The van der Waals surface area contributed by atoms with E-state index in [-0.39, 0.29) is 5.91 Å². The number of hydrogen-bond acceptors (Lipinski definition) is 4. The van der Waals surface area contributed by atoms with E-state index in [0.717, 1.165) is 31.6 Å². The number of ether oxygens (including phenoxy) is 1. The molecular formula is C14H24N4O2. The van der Waals surface area contributed by atoms with Gasteiger partial charge in [0.15, 0.2) is 0 Å². The molecule has 0 aromatic carbocycles. The molecule has 1 aliphatic heterocycles. The van der Waals surface area contributed by atoms with Gasteiger partial charge in [-0.25, -0.2) is 0 Å². The average Bonchev–Trinajstić information content (AvgIpc) is 2.87. The van der Waals surface area contributed by atoms with Crippen molar-refractivity contribution in [1.82, 2.24) is 15.1 Å². The minimum Gasteiger partial charge on any atom is -0.378 e. The first-order valence-corrected chi connectivity index (χ1v) is 7.10. The Hall–Kier alpha value is -1.40. The number of aromatic nitrogens is 2. The van der Waals surface area contributed by atoms with Gasteiger partial charge in [-0.15, -0.1) is 0 Å². The van der Waals surface area contributed by atoms with Crippen LogP contribution in [0.15, 0.2) is 12.4 Å². The van der Waals surface area contributed by atoms with Gasteiger partial charge in [0.05, 0.1) is 29.9 Å². The Morgan fingerprint density at radius 2 is 2.25 bits per heavy atom. The summed E-state index contributed by atoms with van der Waals surface area (Å²) in [5, 5.41) is 10.6. The first-order chi connectivity index (χ1) is 9.50. The molecular weight excluding hydrogens is 256 g/mol. The molecule has 1 amide bonds. The molecule has 0 bridgehead atoms. The summed E-state index contributed by atoms with van der Waals surface area (Å²) in [4.78, 5) is 11.9. The van der Waals surface area contributed by atoms with Gasteiger partial charge in [-0.2, -0.15) is 5.10 Å². The molecule has 2 heterocycles. The van der Waals surface area contributed by atoms with Crippen LogP contribution >= 0.6 is 0 Å². The smallest absolute Gasteiger partial charge is 0.227 e. The van der Waals surface area contributed by atoms with E-state index in [1.165, 1.54) is 0 Å². The van der Waals surface area contributed by atoms with E-state index in [4.69, 9.17) is 4.74 Å². The average molecular weight is 280 g/mol. The summed E-state index contributed by atoms with van der Waals surface area (Å²) < 4.78 is 7.21. The lowest BCUT2D eigenvalue weighted by molar-refractivity contribution is -0.121. The van der Waals surface area contributed by atoms with E-state index < -0.39 is 5.60 Å². The van der Waals surface area contributed by atoms with E-state index >= 15 is 0 Å². The number of carbonyl (C=O) groups is 1. The van der Waals surface area contributed by atoms with Gasteiger partial charge >= 0.3 is 0 Å². The standard InChI is InChI=1S/C14H24N4O2/c1-14(2,20-3)8-13(19)17-11-9-16-18(10-11)12-4-6-15-7-5-12/h9-10,12,15H,4-8H2,1-3H3,(H,17,19).